The highest BCUT2D eigenvalue weighted by Crippen LogP contribution is 2.43. The van der Waals surface area contributed by atoms with Crippen molar-refractivity contribution < 1.29 is 13.2 Å². The Morgan fingerprint density at radius 2 is 1.86 bits per heavy atom. The van der Waals surface area contributed by atoms with Crippen molar-refractivity contribution in [3.05, 3.63) is 81.5 Å². The molecule has 0 unspecified atom stereocenters. The number of nitriles is 1. The van der Waals surface area contributed by atoms with E-state index in [0.29, 0.717) is 15.8 Å². The van der Waals surface area contributed by atoms with E-state index in [1.165, 1.54) is 47.9 Å². The molecule has 0 spiro atoms. The number of benzene rings is 1. The van der Waals surface area contributed by atoms with Crippen molar-refractivity contribution in [2.24, 2.45) is 0 Å². The van der Waals surface area contributed by atoms with Gasteiger partial charge in [0.1, 0.15) is 33.0 Å². The van der Waals surface area contributed by atoms with E-state index in [1.54, 1.807) is 12.1 Å². The van der Waals surface area contributed by atoms with E-state index < -0.39 is 15.8 Å². The van der Waals surface area contributed by atoms with Crippen LogP contribution >= 0.6 is 22.7 Å². The van der Waals surface area contributed by atoms with Gasteiger partial charge in [0.05, 0.1) is 10.6 Å². The second-order valence-corrected chi connectivity index (χ2v) is 11.0. The number of pyridine rings is 2. The zero-order chi connectivity index (χ0) is 25.4. The Morgan fingerprint density at radius 3 is 2.50 bits per heavy atom. The van der Waals surface area contributed by atoms with Gasteiger partial charge in [-0.1, -0.05) is 6.07 Å². The van der Waals surface area contributed by atoms with Gasteiger partial charge in [0.2, 0.25) is 5.78 Å². The Hall–Kier alpha value is -4.31. The van der Waals surface area contributed by atoms with E-state index >= 15 is 0 Å². The van der Waals surface area contributed by atoms with Gasteiger partial charge in [-0.15, -0.1) is 11.3 Å². The summed E-state index contributed by atoms with van der Waals surface area (Å²) in [5.74, 6) is -0.160. The summed E-state index contributed by atoms with van der Waals surface area (Å²) >= 11 is 2.53. The van der Waals surface area contributed by atoms with Crippen molar-refractivity contribution in [2.45, 2.75) is 4.90 Å². The predicted octanol–water partition coefficient (Wildman–Crippen LogP) is 4.49. The lowest BCUT2D eigenvalue weighted by atomic mass is 9.99. The lowest BCUT2D eigenvalue weighted by Crippen LogP contribution is -2.14. The van der Waals surface area contributed by atoms with E-state index in [9.17, 15) is 18.5 Å². The molecule has 36 heavy (non-hydrogen) atoms. The van der Waals surface area contributed by atoms with Crippen LogP contribution in [-0.4, -0.2) is 24.2 Å². The normalized spacial score (nSPS) is 11.3. The van der Waals surface area contributed by atoms with Gasteiger partial charge in [-0.05, 0) is 58.8 Å². The first-order valence-electron chi connectivity index (χ1n) is 10.3. The summed E-state index contributed by atoms with van der Waals surface area (Å²) in [7, 11) is -3.89. The average Bonchev–Trinajstić information content (AvgIpc) is 3.52. The molecule has 0 amide bonds. The van der Waals surface area contributed by atoms with Crippen LogP contribution in [0.4, 0.5) is 17.3 Å². The van der Waals surface area contributed by atoms with Gasteiger partial charge in [0.25, 0.3) is 10.0 Å². The molecule has 0 aliphatic heterocycles. The Morgan fingerprint density at radius 1 is 1.08 bits per heavy atom. The molecule has 0 bridgehead atoms. The van der Waals surface area contributed by atoms with Gasteiger partial charge in [0.15, 0.2) is 0 Å². The molecular weight excluding hydrogens is 517 g/mol. The third kappa shape index (κ3) is 4.05. The smallest absolute Gasteiger partial charge is 0.263 e. The van der Waals surface area contributed by atoms with Crippen LogP contribution in [0.15, 0.2) is 70.4 Å². The molecule has 5 rings (SSSR count). The van der Waals surface area contributed by atoms with Crippen LogP contribution in [0, 0.1) is 11.3 Å². The molecule has 4 heterocycles. The van der Waals surface area contributed by atoms with E-state index in [-0.39, 0.29) is 38.2 Å². The summed E-state index contributed by atoms with van der Waals surface area (Å²) in [6.07, 6.45) is 1.47. The molecule has 178 valence electrons. The number of aromatic nitrogens is 2. The van der Waals surface area contributed by atoms with Gasteiger partial charge in [-0.25, -0.2) is 18.4 Å². The van der Waals surface area contributed by atoms with E-state index in [2.05, 4.69) is 20.8 Å². The third-order valence-corrected chi connectivity index (χ3v) is 8.52. The van der Waals surface area contributed by atoms with Gasteiger partial charge in [-0.2, -0.15) is 16.6 Å². The molecule has 1 aromatic carbocycles. The second kappa shape index (κ2) is 9.04. The van der Waals surface area contributed by atoms with Crippen molar-refractivity contribution in [3.8, 4) is 17.2 Å². The minimum atomic E-state index is -3.89. The maximum Gasteiger partial charge on any atom is 0.263 e. The molecule has 0 radical (unpaired) electrons. The highest BCUT2D eigenvalue weighted by Gasteiger charge is 2.25. The number of hydrogen-bond acceptors (Lipinski definition) is 10. The number of nitrogens with zero attached hydrogens (tertiary/aromatic N) is 3. The fraction of sp³-hybridized carbons (Fsp3) is 0. The van der Waals surface area contributed by atoms with Crippen molar-refractivity contribution in [3.63, 3.8) is 0 Å². The number of carbonyl (C=O) groups excluding carboxylic acids is 1. The maximum absolute atomic E-state index is 13.4. The Bertz CT molecular complexity index is 1760. The first-order chi connectivity index (χ1) is 17.3. The minimum Gasteiger partial charge on any atom is -0.397 e. The number of anilines is 3. The molecule has 5 N–H and O–H groups in total. The molecule has 0 aliphatic rings. The molecule has 5 aromatic rings. The summed E-state index contributed by atoms with van der Waals surface area (Å²) in [5.41, 5.74) is 14.4. The topological polar surface area (TPSA) is 165 Å². The van der Waals surface area contributed by atoms with Crippen LogP contribution in [0.2, 0.25) is 0 Å². The third-order valence-electron chi connectivity index (χ3n) is 5.36. The Kier molecular flexibility index (Phi) is 5.89. The van der Waals surface area contributed by atoms with Crippen molar-refractivity contribution >= 4 is 66.0 Å². The lowest BCUT2D eigenvalue weighted by molar-refractivity contribution is 0.104. The summed E-state index contributed by atoms with van der Waals surface area (Å²) in [6.45, 7) is 0. The van der Waals surface area contributed by atoms with E-state index in [4.69, 9.17) is 11.5 Å². The number of ketones is 1. The molecular formula is C24H16N6O3S3. The monoisotopic (exact) mass is 532 g/mol. The SMILES string of the molecule is N#Cc1c(N)nc2sc(C(=O)c3ccc(S(=O)(=O)Nc4ccccn4)cc3)c(N)c2c1-c1ccsc1. The zero-order valence-corrected chi connectivity index (χ0v) is 20.7. The highest BCUT2D eigenvalue weighted by atomic mass is 32.2. The predicted molar refractivity (Wildman–Crippen MR) is 141 cm³/mol. The summed E-state index contributed by atoms with van der Waals surface area (Å²) in [4.78, 5) is 22.3. The lowest BCUT2D eigenvalue weighted by Gasteiger charge is -2.08. The van der Waals surface area contributed by atoms with Gasteiger partial charge >= 0.3 is 0 Å². The first kappa shape index (κ1) is 23.4. The number of rotatable bonds is 6. The zero-order valence-electron chi connectivity index (χ0n) is 18.3. The minimum absolute atomic E-state index is 0.0261. The molecule has 12 heteroatoms. The van der Waals surface area contributed by atoms with Crippen LogP contribution in [0.25, 0.3) is 21.3 Å². The fourth-order valence-electron chi connectivity index (χ4n) is 3.68. The van der Waals surface area contributed by atoms with Crippen LogP contribution in [0.1, 0.15) is 20.8 Å². The summed E-state index contributed by atoms with van der Waals surface area (Å²) in [6, 6.07) is 14.3. The number of carbonyl (C=O) groups is 1. The molecule has 0 saturated carbocycles. The first-order valence-corrected chi connectivity index (χ1v) is 13.6. The number of hydrogen-bond donors (Lipinski definition) is 3. The molecule has 0 atom stereocenters. The maximum atomic E-state index is 13.4. The van der Waals surface area contributed by atoms with Gasteiger partial charge in [-0.3, -0.25) is 9.52 Å². The largest absolute Gasteiger partial charge is 0.397 e. The van der Waals surface area contributed by atoms with Crippen molar-refractivity contribution in [1.29, 1.82) is 5.26 Å². The molecule has 0 aliphatic carbocycles. The Labute approximate surface area is 213 Å². The van der Waals surface area contributed by atoms with Crippen molar-refractivity contribution in [1.82, 2.24) is 9.97 Å². The van der Waals surface area contributed by atoms with Crippen LogP contribution < -0.4 is 16.2 Å². The second-order valence-electron chi connectivity index (χ2n) is 7.57. The quantitative estimate of drug-likeness (QED) is 0.269. The summed E-state index contributed by atoms with van der Waals surface area (Å²) in [5, 5.41) is 13.9. The van der Waals surface area contributed by atoms with Crippen molar-refractivity contribution in [2.75, 3.05) is 16.2 Å². The number of nitrogens with one attached hydrogen (secondary N) is 1. The van der Waals surface area contributed by atoms with Crippen LogP contribution in [0.3, 0.4) is 0 Å². The van der Waals surface area contributed by atoms with E-state index in [1.807, 2.05) is 16.8 Å². The Balaban J connectivity index is 1.53. The van der Waals surface area contributed by atoms with E-state index in [0.717, 1.165) is 16.9 Å². The number of fused-ring (bicyclic) bond motifs is 1. The molecule has 0 fully saturated rings. The standard InChI is InChI=1S/C24H16N6O3S3/c25-11-16-18(14-8-10-34-12-14)19-20(26)22(35-24(19)29-23(16)27)21(31)13-4-6-15(7-5-13)36(32,33)30-17-3-1-2-9-28-17/h1-10,12H,26H2,(H2,27,29)(H,28,30). The van der Waals surface area contributed by atoms with Crippen LogP contribution in [0.5, 0.6) is 0 Å². The molecule has 4 aromatic heterocycles. The molecule has 9 nitrogen and oxygen atoms in total. The number of sulfonamides is 1. The molecule has 0 saturated heterocycles. The van der Waals surface area contributed by atoms with Gasteiger partial charge < -0.3 is 11.5 Å². The fourth-order valence-corrected chi connectivity index (χ4v) is 6.41. The number of nitrogens with two attached hydrogens (primary N) is 2. The van der Waals surface area contributed by atoms with Gasteiger partial charge in [0, 0.05) is 22.7 Å². The van der Waals surface area contributed by atoms with Crippen LogP contribution in [-0.2, 0) is 10.0 Å². The average molecular weight is 533 g/mol. The number of nitrogen functional groups attached to an aromatic ring is 2. The summed E-state index contributed by atoms with van der Waals surface area (Å²) < 4.78 is 27.7. The highest BCUT2D eigenvalue weighted by molar-refractivity contribution is 7.92. The number of thiophene rings is 2.